The van der Waals surface area contributed by atoms with Crippen molar-refractivity contribution in [1.29, 1.82) is 0 Å². The number of nitrogens with zero attached hydrogens (tertiary/aromatic N) is 6. The molecule has 0 atom stereocenters. The molecule has 8 nitrogen and oxygen atoms in total. The molecule has 1 saturated heterocycles. The molecule has 0 bridgehead atoms. The highest BCUT2D eigenvalue weighted by Gasteiger charge is 2.26. The average Bonchev–Trinajstić information content (AvgIpc) is 3.40. The van der Waals surface area contributed by atoms with Crippen LogP contribution in [0.1, 0.15) is 12.8 Å². The molecule has 8 heteroatoms. The summed E-state index contributed by atoms with van der Waals surface area (Å²) in [6, 6.07) is 19.9. The van der Waals surface area contributed by atoms with Crippen LogP contribution in [0.25, 0.3) is 16.9 Å². The number of carbonyl (C=O) groups is 1. The third-order valence-corrected chi connectivity index (χ3v) is 5.75. The van der Waals surface area contributed by atoms with Crippen LogP contribution in [-0.4, -0.2) is 43.7 Å². The maximum absolute atomic E-state index is 13.0. The highest BCUT2D eigenvalue weighted by Crippen LogP contribution is 2.29. The molecule has 0 unspecified atom stereocenters. The molecule has 32 heavy (non-hydrogen) atoms. The van der Waals surface area contributed by atoms with E-state index in [0.29, 0.717) is 5.82 Å². The molecule has 3 heterocycles. The molecule has 0 saturated carbocycles. The standard InChI is InChI=1S/C24H23N7O/c32-24(29-21-9-5-4-8-20(21)18-6-2-1-3-7-18)19-10-12-30(13-11-19)22-14-23(27-16-26-22)31-17-25-15-28-31/h1-9,14-17,19H,10-13H2,(H,29,32). The smallest absolute Gasteiger partial charge is 0.227 e. The number of hydrogen-bond donors (Lipinski definition) is 1. The topological polar surface area (TPSA) is 88.8 Å². The van der Waals surface area contributed by atoms with Gasteiger partial charge in [0, 0.05) is 36.3 Å². The normalized spacial score (nSPS) is 14.3. The van der Waals surface area contributed by atoms with E-state index < -0.39 is 0 Å². The average molecular weight is 425 g/mol. The van der Waals surface area contributed by atoms with Crippen LogP contribution >= 0.6 is 0 Å². The summed E-state index contributed by atoms with van der Waals surface area (Å²) in [5.74, 6) is 1.54. The zero-order valence-corrected chi connectivity index (χ0v) is 17.5. The molecule has 2 aromatic carbocycles. The maximum atomic E-state index is 13.0. The van der Waals surface area contributed by atoms with E-state index >= 15 is 0 Å². The lowest BCUT2D eigenvalue weighted by atomic mass is 9.95. The van der Waals surface area contributed by atoms with Gasteiger partial charge in [-0.25, -0.2) is 19.6 Å². The molecule has 4 aromatic rings. The Morgan fingerprint density at radius 2 is 1.66 bits per heavy atom. The fraction of sp³-hybridized carbons (Fsp3) is 0.208. The van der Waals surface area contributed by atoms with E-state index in [1.807, 2.05) is 48.5 Å². The van der Waals surface area contributed by atoms with Crippen molar-refractivity contribution >= 4 is 17.4 Å². The predicted octanol–water partition coefficient (Wildman–Crippen LogP) is 3.58. The Kier molecular flexibility index (Phi) is 5.57. The van der Waals surface area contributed by atoms with E-state index in [-0.39, 0.29) is 11.8 Å². The molecular formula is C24H23N7O. The largest absolute Gasteiger partial charge is 0.356 e. The molecule has 1 aliphatic heterocycles. The van der Waals surface area contributed by atoms with E-state index in [4.69, 9.17) is 0 Å². The minimum atomic E-state index is -0.0355. The van der Waals surface area contributed by atoms with Crippen molar-refractivity contribution in [2.45, 2.75) is 12.8 Å². The van der Waals surface area contributed by atoms with Gasteiger partial charge in [0.25, 0.3) is 0 Å². The monoisotopic (exact) mass is 425 g/mol. The van der Waals surface area contributed by atoms with Crippen molar-refractivity contribution in [2.75, 3.05) is 23.3 Å². The van der Waals surface area contributed by atoms with E-state index in [0.717, 1.165) is 48.6 Å². The van der Waals surface area contributed by atoms with Crippen LogP contribution in [0.2, 0.25) is 0 Å². The first-order chi connectivity index (χ1) is 15.8. The first-order valence-corrected chi connectivity index (χ1v) is 10.7. The van der Waals surface area contributed by atoms with Crippen LogP contribution in [0.5, 0.6) is 0 Å². The predicted molar refractivity (Wildman–Crippen MR) is 122 cm³/mol. The van der Waals surface area contributed by atoms with Crippen LogP contribution in [-0.2, 0) is 4.79 Å². The van der Waals surface area contributed by atoms with Crippen LogP contribution in [0.15, 0.2) is 79.6 Å². The number of anilines is 2. The number of amides is 1. The van der Waals surface area contributed by atoms with Gasteiger partial charge in [-0.1, -0.05) is 48.5 Å². The molecule has 0 radical (unpaired) electrons. The van der Waals surface area contributed by atoms with E-state index in [1.165, 1.54) is 12.7 Å². The second kappa shape index (κ2) is 8.97. The van der Waals surface area contributed by atoms with Crippen LogP contribution in [0, 0.1) is 5.92 Å². The SMILES string of the molecule is O=C(Nc1ccccc1-c1ccccc1)C1CCN(c2cc(-n3cncn3)ncn2)CC1. The molecule has 5 rings (SSSR count). The van der Waals surface area contributed by atoms with Crippen molar-refractivity contribution in [3.63, 3.8) is 0 Å². The molecule has 1 fully saturated rings. The number of piperidine rings is 1. The van der Waals surface area contributed by atoms with Crippen molar-refractivity contribution in [3.8, 4) is 16.9 Å². The fourth-order valence-electron chi connectivity index (χ4n) is 4.03. The van der Waals surface area contributed by atoms with Gasteiger partial charge in [0.05, 0.1) is 0 Å². The second-order valence-corrected chi connectivity index (χ2v) is 7.74. The highest BCUT2D eigenvalue weighted by atomic mass is 16.1. The molecule has 1 N–H and O–H groups in total. The molecule has 1 aliphatic rings. The fourth-order valence-corrected chi connectivity index (χ4v) is 4.03. The Morgan fingerprint density at radius 3 is 2.44 bits per heavy atom. The number of rotatable bonds is 5. The number of carbonyl (C=O) groups excluding carboxylic acids is 1. The Bertz CT molecular complexity index is 1190. The molecule has 0 aliphatic carbocycles. The van der Waals surface area contributed by atoms with Gasteiger partial charge in [-0.05, 0) is 24.5 Å². The van der Waals surface area contributed by atoms with Gasteiger partial charge in [0.1, 0.15) is 24.8 Å². The lowest BCUT2D eigenvalue weighted by Gasteiger charge is -2.32. The Balaban J connectivity index is 1.24. The third kappa shape index (κ3) is 4.20. The van der Waals surface area contributed by atoms with E-state index in [2.05, 4.69) is 42.4 Å². The maximum Gasteiger partial charge on any atom is 0.227 e. The Hall–Kier alpha value is -4.07. The number of benzene rings is 2. The lowest BCUT2D eigenvalue weighted by molar-refractivity contribution is -0.120. The second-order valence-electron chi connectivity index (χ2n) is 7.74. The number of hydrogen-bond acceptors (Lipinski definition) is 6. The van der Waals surface area contributed by atoms with Gasteiger partial charge in [0.2, 0.25) is 5.91 Å². The number of nitrogens with one attached hydrogen (secondary N) is 1. The van der Waals surface area contributed by atoms with Gasteiger partial charge in [-0.3, -0.25) is 4.79 Å². The number of para-hydroxylation sites is 1. The molecule has 2 aromatic heterocycles. The van der Waals surface area contributed by atoms with Gasteiger partial charge in [-0.15, -0.1) is 0 Å². The first kappa shape index (κ1) is 19.9. The van der Waals surface area contributed by atoms with Gasteiger partial charge in [0.15, 0.2) is 5.82 Å². The summed E-state index contributed by atoms with van der Waals surface area (Å²) >= 11 is 0. The van der Waals surface area contributed by atoms with Crippen LogP contribution in [0.3, 0.4) is 0 Å². The first-order valence-electron chi connectivity index (χ1n) is 10.7. The van der Waals surface area contributed by atoms with Crippen LogP contribution in [0.4, 0.5) is 11.5 Å². The zero-order valence-electron chi connectivity index (χ0n) is 17.5. The quantitative estimate of drug-likeness (QED) is 0.526. The van der Waals surface area contributed by atoms with E-state index in [1.54, 1.807) is 11.0 Å². The minimum absolute atomic E-state index is 0.0355. The van der Waals surface area contributed by atoms with Crippen molar-refractivity contribution in [2.24, 2.45) is 5.92 Å². The van der Waals surface area contributed by atoms with Crippen molar-refractivity contribution in [3.05, 3.63) is 79.6 Å². The number of aromatic nitrogens is 5. The zero-order chi connectivity index (χ0) is 21.8. The molecule has 160 valence electrons. The van der Waals surface area contributed by atoms with Crippen molar-refractivity contribution < 1.29 is 4.79 Å². The van der Waals surface area contributed by atoms with E-state index in [9.17, 15) is 4.79 Å². The molecule has 0 spiro atoms. The highest BCUT2D eigenvalue weighted by molar-refractivity contribution is 5.96. The summed E-state index contributed by atoms with van der Waals surface area (Å²) in [7, 11) is 0. The molecular weight excluding hydrogens is 402 g/mol. The summed E-state index contributed by atoms with van der Waals surface area (Å²) in [5, 5.41) is 7.28. The summed E-state index contributed by atoms with van der Waals surface area (Å²) in [6.45, 7) is 1.51. The van der Waals surface area contributed by atoms with Crippen LogP contribution < -0.4 is 10.2 Å². The summed E-state index contributed by atoms with van der Waals surface area (Å²) in [6.07, 6.45) is 6.15. The summed E-state index contributed by atoms with van der Waals surface area (Å²) < 4.78 is 1.61. The summed E-state index contributed by atoms with van der Waals surface area (Å²) in [4.78, 5) is 27.8. The lowest BCUT2D eigenvalue weighted by Crippen LogP contribution is -2.38. The minimum Gasteiger partial charge on any atom is -0.356 e. The Morgan fingerprint density at radius 1 is 0.906 bits per heavy atom. The van der Waals surface area contributed by atoms with Gasteiger partial charge < -0.3 is 10.2 Å². The van der Waals surface area contributed by atoms with Gasteiger partial charge >= 0.3 is 0 Å². The third-order valence-electron chi connectivity index (χ3n) is 5.75. The Labute approximate surface area is 186 Å². The van der Waals surface area contributed by atoms with Crippen molar-refractivity contribution in [1.82, 2.24) is 24.7 Å². The molecule has 1 amide bonds. The van der Waals surface area contributed by atoms with Gasteiger partial charge in [-0.2, -0.15) is 5.10 Å². The summed E-state index contributed by atoms with van der Waals surface area (Å²) in [5.41, 5.74) is 2.96.